The van der Waals surface area contributed by atoms with Crippen molar-refractivity contribution in [1.82, 2.24) is 0 Å². The summed E-state index contributed by atoms with van der Waals surface area (Å²) in [5, 5.41) is 0. The number of rotatable bonds is 48. The molecule has 0 aliphatic rings. The number of ether oxygens (including phenoxy) is 3. The fourth-order valence-corrected chi connectivity index (χ4v) is 7.24. The molecule has 0 saturated carbocycles. The van der Waals surface area contributed by atoms with E-state index in [0.29, 0.717) is 19.3 Å². The minimum atomic E-state index is -0.793. The number of allylic oxidation sites excluding steroid dienone is 16. The second-order valence-electron chi connectivity index (χ2n) is 17.8. The lowest BCUT2D eigenvalue weighted by Crippen LogP contribution is -2.30. The van der Waals surface area contributed by atoms with Crippen LogP contribution in [0.3, 0.4) is 0 Å². The van der Waals surface area contributed by atoms with Crippen molar-refractivity contribution in [3.63, 3.8) is 0 Å². The summed E-state index contributed by atoms with van der Waals surface area (Å²) in [4.78, 5) is 38.0. The Hall–Kier alpha value is -3.67. The molecular weight excluding hydrogens is 817 g/mol. The van der Waals surface area contributed by atoms with Gasteiger partial charge in [0.05, 0.1) is 0 Å². The molecule has 1 unspecified atom stereocenters. The van der Waals surface area contributed by atoms with Gasteiger partial charge in [-0.05, 0) is 103 Å². The summed E-state index contributed by atoms with van der Waals surface area (Å²) in [7, 11) is 0. The van der Waals surface area contributed by atoms with Crippen LogP contribution in [0.15, 0.2) is 97.2 Å². The number of hydrogen-bond acceptors (Lipinski definition) is 6. The molecular formula is C60H100O6. The van der Waals surface area contributed by atoms with Gasteiger partial charge in [0, 0.05) is 19.3 Å². The summed E-state index contributed by atoms with van der Waals surface area (Å²) in [6, 6.07) is 0. The van der Waals surface area contributed by atoms with Crippen LogP contribution in [0.25, 0.3) is 0 Å². The van der Waals surface area contributed by atoms with Crippen molar-refractivity contribution >= 4 is 17.9 Å². The average molecular weight is 917 g/mol. The molecule has 0 spiro atoms. The third-order valence-electron chi connectivity index (χ3n) is 11.3. The number of unbranched alkanes of at least 4 members (excludes halogenated alkanes) is 21. The highest BCUT2D eigenvalue weighted by Gasteiger charge is 2.19. The first-order valence-electron chi connectivity index (χ1n) is 27.2. The first-order chi connectivity index (χ1) is 32.5. The average Bonchev–Trinajstić information content (AvgIpc) is 3.31. The summed E-state index contributed by atoms with van der Waals surface area (Å²) >= 11 is 0. The van der Waals surface area contributed by atoms with E-state index in [0.717, 1.165) is 122 Å². The quantitative estimate of drug-likeness (QED) is 0.0262. The van der Waals surface area contributed by atoms with Gasteiger partial charge in [-0.1, -0.05) is 221 Å². The van der Waals surface area contributed by atoms with Crippen LogP contribution in [0, 0.1) is 0 Å². The molecule has 0 aromatic heterocycles. The molecule has 1 atom stereocenters. The summed E-state index contributed by atoms with van der Waals surface area (Å²) in [5.74, 6) is -0.936. The van der Waals surface area contributed by atoms with Gasteiger partial charge in [-0.2, -0.15) is 0 Å². The highest BCUT2D eigenvalue weighted by atomic mass is 16.6. The fourth-order valence-electron chi connectivity index (χ4n) is 7.24. The summed E-state index contributed by atoms with van der Waals surface area (Å²) in [5.41, 5.74) is 0. The third-order valence-corrected chi connectivity index (χ3v) is 11.3. The molecule has 0 aromatic carbocycles. The van der Waals surface area contributed by atoms with Crippen molar-refractivity contribution in [2.75, 3.05) is 13.2 Å². The van der Waals surface area contributed by atoms with E-state index in [1.807, 2.05) is 0 Å². The number of esters is 3. The zero-order valence-corrected chi connectivity index (χ0v) is 42.9. The Balaban J connectivity index is 4.37. The van der Waals surface area contributed by atoms with Crippen molar-refractivity contribution < 1.29 is 28.6 Å². The predicted molar refractivity (Wildman–Crippen MR) is 284 cm³/mol. The van der Waals surface area contributed by atoms with Crippen LogP contribution in [0.5, 0.6) is 0 Å². The van der Waals surface area contributed by atoms with Gasteiger partial charge in [0.2, 0.25) is 0 Å². The molecule has 0 aliphatic carbocycles. The zero-order valence-electron chi connectivity index (χ0n) is 42.9. The Bertz CT molecular complexity index is 1330. The molecule has 0 N–H and O–H groups in total. The lowest BCUT2D eigenvalue weighted by atomic mass is 10.1. The second-order valence-corrected chi connectivity index (χ2v) is 17.8. The maximum atomic E-state index is 12.8. The number of carbonyl (C=O) groups is 3. The lowest BCUT2D eigenvalue weighted by molar-refractivity contribution is -0.167. The molecule has 0 radical (unpaired) electrons. The van der Waals surface area contributed by atoms with Gasteiger partial charge in [0.1, 0.15) is 13.2 Å². The normalized spacial score (nSPS) is 12.8. The maximum Gasteiger partial charge on any atom is 0.306 e. The third kappa shape index (κ3) is 51.3. The molecule has 0 amide bonds. The molecule has 0 aliphatic heterocycles. The van der Waals surface area contributed by atoms with Gasteiger partial charge in [-0.15, -0.1) is 0 Å². The van der Waals surface area contributed by atoms with Gasteiger partial charge < -0.3 is 14.2 Å². The molecule has 66 heavy (non-hydrogen) atoms. The zero-order chi connectivity index (χ0) is 47.9. The van der Waals surface area contributed by atoms with Crippen LogP contribution < -0.4 is 0 Å². The first kappa shape index (κ1) is 62.3. The van der Waals surface area contributed by atoms with Crippen molar-refractivity contribution in [2.24, 2.45) is 0 Å². The molecule has 0 rings (SSSR count). The molecule has 0 heterocycles. The highest BCUT2D eigenvalue weighted by molar-refractivity contribution is 5.71. The minimum Gasteiger partial charge on any atom is -0.462 e. The van der Waals surface area contributed by atoms with Crippen LogP contribution in [0.2, 0.25) is 0 Å². The smallest absolute Gasteiger partial charge is 0.306 e. The van der Waals surface area contributed by atoms with E-state index < -0.39 is 6.10 Å². The summed E-state index contributed by atoms with van der Waals surface area (Å²) < 4.78 is 16.8. The Morgan fingerprint density at radius 2 is 0.591 bits per heavy atom. The molecule has 0 bridgehead atoms. The van der Waals surface area contributed by atoms with Crippen molar-refractivity contribution in [1.29, 1.82) is 0 Å². The van der Waals surface area contributed by atoms with Gasteiger partial charge in [-0.25, -0.2) is 0 Å². The fraction of sp³-hybridized carbons (Fsp3) is 0.683. The van der Waals surface area contributed by atoms with Crippen LogP contribution in [-0.2, 0) is 28.6 Å². The molecule has 6 heteroatoms. The Morgan fingerprint density at radius 3 is 0.985 bits per heavy atom. The maximum absolute atomic E-state index is 12.8. The Kier molecular flexibility index (Phi) is 50.9. The van der Waals surface area contributed by atoms with E-state index >= 15 is 0 Å². The summed E-state index contributed by atoms with van der Waals surface area (Å²) in [6.45, 7) is 6.45. The monoisotopic (exact) mass is 917 g/mol. The van der Waals surface area contributed by atoms with Crippen molar-refractivity contribution in [2.45, 2.75) is 252 Å². The molecule has 0 fully saturated rings. The van der Waals surface area contributed by atoms with Crippen molar-refractivity contribution in [3.8, 4) is 0 Å². The van der Waals surface area contributed by atoms with Crippen LogP contribution in [0.1, 0.15) is 245 Å². The van der Waals surface area contributed by atoms with E-state index in [4.69, 9.17) is 14.2 Å². The molecule has 6 nitrogen and oxygen atoms in total. The highest BCUT2D eigenvalue weighted by Crippen LogP contribution is 2.14. The summed E-state index contributed by atoms with van der Waals surface area (Å²) in [6.07, 6.45) is 71.1. The topological polar surface area (TPSA) is 78.9 Å². The van der Waals surface area contributed by atoms with Gasteiger partial charge in [0.25, 0.3) is 0 Å². The molecule has 0 saturated heterocycles. The van der Waals surface area contributed by atoms with Crippen LogP contribution >= 0.6 is 0 Å². The van der Waals surface area contributed by atoms with E-state index in [1.165, 1.54) is 83.5 Å². The predicted octanol–water partition coefficient (Wildman–Crippen LogP) is 18.1. The minimum absolute atomic E-state index is 0.0905. The Morgan fingerprint density at radius 1 is 0.318 bits per heavy atom. The van der Waals surface area contributed by atoms with E-state index in [9.17, 15) is 14.4 Å². The van der Waals surface area contributed by atoms with E-state index in [2.05, 4.69) is 118 Å². The largest absolute Gasteiger partial charge is 0.462 e. The molecule has 376 valence electrons. The van der Waals surface area contributed by atoms with Crippen LogP contribution in [0.4, 0.5) is 0 Å². The SMILES string of the molecule is CC/C=C\C/C=C\C/C=C\C/C=C\C/C=C\C/C=C\C/C=C\CCCCCC(=O)OCC(COC(=O)CCCCCCCCCCCCC)OC(=O)CCCCCCC/C=C\CCCCC. The van der Waals surface area contributed by atoms with Gasteiger partial charge in [-0.3, -0.25) is 14.4 Å². The number of hydrogen-bond donors (Lipinski definition) is 0. The molecule has 0 aromatic rings. The second kappa shape index (κ2) is 53.9. The number of carbonyl (C=O) groups excluding carboxylic acids is 3. The van der Waals surface area contributed by atoms with E-state index in [1.54, 1.807) is 0 Å². The van der Waals surface area contributed by atoms with Gasteiger partial charge >= 0.3 is 17.9 Å². The van der Waals surface area contributed by atoms with Crippen molar-refractivity contribution in [3.05, 3.63) is 97.2 Å². The standard InChI is InChI=1S/C60H100O6/c1-4-7-10-13-16-19-22-24-25-26-27-28-29-30-31-32-33-34-35-36-39-41-44-47-50-53-59(62)65-56-57(55-64-58(61)52-49-46-43-40-37-21-18-15-12-9-6-3)66-60(63)54-51-48-45-42-38-23-20-17-14-11-8-5-2/h7,10,16-17,19-20,24-25,27-28,30-31,33-34,36,39,57H,4-6,8-9,11-15,18,21-23,26,29,32,35,37-38,40-56H2,1-3H3/b10-7-,19-16-,20-17-,25-24-,28-27-,31-30-,34-33-,39-36-. The lowest BCUT2D eigenvalue weighted by Gasteiger charge is -2.18. The van der Waals surface area contributed by atoms with Gasteiger partial charge in [0.15, 0.2) is 6.10 Å². The Labute approximate surface area is 407 Å². The van der Waals surface area contributed by atoms with E-state index in [-0.39, 0.29) is 31.1 Å². The van der Waals surface area contributed by atoms with Crippen LogP contribution in [-0.4, -0.2) is 37.2 Å². The first-order valence-corrected chi connectivity index (χ1v) is 27.2.